The van der Waals surface area contributed by atoms with E-state index in [0.29, 0.717) is 11.1 Å². The summed E-state index contributed by atoms with van der Waals surface area (Å²) in [6.45, 7) is 3.45. The molecule has 0 aromatic heterocycles. The Hall–Kier alpha value is -2.33. The number of hydrogen-bond donors (Lipinski definition) is 1. The molecule has 0 bridgehead atoms. The first-order chi connectivity index (χ1) is 10.4. The lowest BCUT2D eigenvalue weighted by Crippen LogP contribution is -2.15. The van der Waals surface area contributed by atoms with Gasteiger partial charge in [0.05, 0.1) is 26.1 Å². The van der Waals surface area contributed by atoms with Gasteiger partial charge in [0, 0.05) is 0 Å². The number of fused-ring (bicyclic) bond motifs is 1. The lowest BCUT2D eigenvalue weighted by Gasteiger charge is -2.19. The van der Waals surface area contributed by atoms with Crippen molar-refractivity contribution in [2.45, 2.75) is 19.4 Å². The second-order valence-corrected chi connectivity index (χ2v) is 5.56. The minimum Gasteiger partial charge on any atom is -0.503 e. The molecule has 0 amide bonds. The lowest BCUT2D eigenvalue weighted by atomic mass is 9.92. The van der Waals surface area contributed by atoms with Gasteiger partial charge in [-0.3, -0.25) is 0 Å². The molecule has 4 nitrogen and oxygen atoms in total. The van der Waals surface area contributed by atoms with E-state index in [2.05, 4.69) is 0 Å². The summed E-state index contributed by atoms with van der Waals surface area (Å²) in [5.41, 5.74) is 0.854. The Kier molecular flexibility index (Phi) is 4.52. The Morgan fingerprint density at radius 1 is 1.18 bits per heavy atom. The number of esters is 1. The first-order valence-electron chi connectivity index (χ1n) is 6.95. The number of rotatable bonds is 4. The summed E-state index contributed by atoms with van der Waals surface area (Å²) in [6, 6.07) is 11.3. The van der Waals surface area contributed by atoms with Crippen LogP contribution in [0.15, 0.2) is 42.7 Å². The average molecular weight is 300 g/mol. The predicted molar refractivity (Wildman–Crippen MR) is 86.2 cm³/mol. The van der Waals surface area contributed by atoms with Gasteiger partial charge in [-0.15, -0.1) is 0 Å². The maximum atomic E-state index is 12.0. The molecule has 0 aliphatic carbocycles. The lowest BCUT2D eigenvalue weighted by molar-refractivity contribution is -0.133. The van der Waals surface area contributed by atoms with Gasteiger partial charge < -0.3 is 14.6 Å². The molecule has 0 aliphatic heterocycles. The number of aliphatic hydroxyl groups is 1. The van der Waals surface area contributed by atoms with Crippen LogP contribution >= 0.6 is 0 Å². The highest BCUT2D eigenvalue weighted by atomic mass is 16.5. The van der Waals surface area contributed by atoms with E-state index < -0.39 is 11.6 Å². The number of carbonyl (C=O) groups is 1. The second kappa shape index (κ2) is 6.20. The van der Waals surface area contributed by atoms with Crippen LogP contribution in [0, 0.1) is 0 Å². The number of carbonyl (C=O) groups excluding carboxylic acids is 1. The average Bonchev–Trinajstić information content (AvgIpc) is 2.50. The molecular weight excluding hydrogens is 280 g/mol. The first kappa shape index (κ1) is 16.0. The van der Waals surface area contributed by atoms with E-state index in [1.807, 2.05) is 36.4 Å². The molecule has 2 rings (SSSR count). The summed E-state index contributed by atoms with van der Waals surface area (Å²) in [5.74, 6) is -0.469. The summed E-state index contributed by atoms with van der Waals surface area (Å²) in [4.78, 5) is 12.0. The number of hydrogen-bond acceptors (Lipinski definition) is 4. The first-order valence-corrected chi connectivity index (χ1v) is 6.95. The zero-order valence-corrected chi connectivity index (χ0v) is 13.2. The molecule has 1 N–H and O–H groups in total. The summed E-state index contributed by atoms with van der Waals surface area (Å²) >= 11 is 0. The number of methoxy groups -OCH3 is 2. The maximum Gasteiger partial charge on any atom is 0.341 e. The van der Waals surface area contributed by atoms with Crippen molar-refractivity contribution in [3.05, 3.63) is 53.8 Å². The highest BCUT2D eigenvalue weighted by Crippen LogP contribution is 2.30. The summed E-state index contributed by atoms with van der Waals surface area (Å²) in [5, 5.41) is 12.0. The van der Waals surface area contributed by atoms with Crippen LogP contribution in [-0.4, -0.2) is 25.3 Å². The molecule has 0 unspecified atom stereocenters. The van der Waals surface area contributed by atoms with Crippen molar-refractivity contribution in [2.24, 2.45) is 0 Å². The summed E-state index contributed by atoms with van der Waals surface area (Å²) in [7, 11) is 2.82. The van der Waals surface area contributed by atoms with Gasteiger partial charge in [-0.2, -0.15) is 0 Å². The van der Waals surface area contributed by atoms with Crippen LogP contribution in [-0.2, 0) is 19.9 Å². The molecular formula is C18H20O4. The highest BCUT2D eigenvalue weighted by Gasteiger charge is 2.19. The van der Waals surface area contributed by atoms with Crippen LogP contribution in [0.1, 0.15) is 25.0 Å². The molecule has 0 aliphatic rings. The van der Waals surface area contributed by atoms with Crippen molar-refractivity contribution < 1.29 is 19.4 Å². The van der Waals surface area contributed by atoms with E-state index in [1.165, 1.54) is 20.5 Å². The van der Waals surface area contributed by atoms with Gasteiger partial charge in [0.15, 0.2) is 0 Å². The SMILES string of the molecule is CO/C=C(/C(=O)OC)c1cccc2ccc(C(C)(C)O)cc12. The van der Waals surface area contributed by atoms with E-state index in [1.54, 1.807) is 13.8 Å². The predicted octanol–water partition coefficient (Wildman–Crippen LogP) is 3.23. The van der Waals surface area contributed by atoms with Gasteiger partial charge in [-0.1, -0.05) is 30.3 Å². The van der Waals surface area contributed by atoms with Crippen LogP contribution in [0.5, 0.6) is 0 Å². The fourth-order valence-electron chi connectivity index (χ4n) is 2.34. The molecule has 0 fully saturated rings. The number of benzene rings is 2. The Morgan fingerprint density at radius 2 is 1.91 bits per heavy atom. The Morgan fingerprint density at radius 3 is 2.50 bits per heavy atom. The van der Waals surface area contributed by atoms with E-state index in [-0.39, 0.29) is 0 Å². The van der Waals surface area contributed by atoms with Crippen molar-refractivity contribution in [1.82, 2.24) is 0 Å². The van der Waals surface area contributed by atoms with Crippen molar-refractivity contribution in [3.8, 4) is 0 Å². The molecule has 0 spiro atoms. The van der Waals surface area contributed by atoms with Gasteiger partial charge in [-0.25, -0.2) is 4.79 Å². The van der Waals surface area contributed by atoms with Crippen molar-refractivity contribution in [3.63, 3.8) is 0 Å². The molecule has 2 aromatic rings. The summed E-state index contributed by atoms with van der Waals surface area (Å²) < 4.78 is 9.84. The third-order valence-electron chi connectivity index (χ3n) is 3.52. The standard InChI is InChI=1S/C18H20O4/c1-18(2,20)13-9-8-12-6-5-7-14(15(12)10-13)16(11-21-3)17(19)22-4/h5-11,20H,1-4H3/b16-11+. The molecule has 116 valence electrons. The molecule has 0 saturated heterocycles. The van der Waals surface area contributed by atoms with Crippen LogP contribution < -0.4 is 0 Å². The highest BCUT2D eigenvalue weighted by molar-refractivity contribution is 6.19. The van der Waals surface area contributed by atoms with Crippen molar-refractivity contribution >= 4 is 22.3 Å². The third-order valence-corrected chi connectivity index (χ3v) is 3.52. The molecule has 4 heteroatoms. The Balaban J connectivity index is 2.72. The monoisotopic (exact) mass is 300 g/mol. The Bertz CT molecular complexity index is 723. The molecule has 0 atom stereocenters. The zero-order chi connectivity index (χ0) is 16.3. The third kappa shape index (κ3) is 3.12. The van der Waals surface area contributed by atoms with E-state index in [4.69, 9.17) is 9.47 Å². The van der Waals surface area contributed by atoms with Crippen molar-refractivity contribution in [2.75, 3.05) is 14.2 Å². The maximum absolute atomic E-state index is 12.0. The van der Waals surface area contributed by atoms with Gasteiger partial charge in [-0.05, 0) is 41.8 Å². The molecule has 2 aromatic carbocycles. The molecule has 0 saturated carbocycles. The number of ether oxygens (including phenoxy) is 2. The fraction of sp³-hybridized carbons (Fsp3) is 0.278. The second-order valence-electron chi connectivity index (χ2n) is 5.56. The smallest absolute Gasteiger partial charge is 0.341 e. The minimum atomic E-state index is -0.961. The van der Waals surface area contributed by atoms with Gasteiger partial charge >= 0.3 is 5.97 Å². The largest absolute Gasteiger partial charge is 0.503 e. The quantitative estimate of drug-likeness (QED) is 0.535. The zero-order valence-electron chi connectivity index (χ0n) is 13.2. The van der Waals surface area contributed by atoms with Crippen LogP contribution in [0.25, 0.3) is 16.3 Å². The normalized spacial score (nSPS) is 12.3. The van der Waals surface area contributed by atoms with Gasteiger partial charge in [0.25, 0.3) is 0 Å². The topological polar surface area (TPSA) is 55.8 Å². The van der Waals surface area contributed by atoms with Crippen LogP contribution in [0.4, 0.5) is 0 Å². The fourth-order valence-corrected chi connectivity index (χ4v) is 2.34. The molecule has 22 heavy (non-hydrogen) atoms. The summed E-state index contributed by atoms with van der Waals surface area (Å²) in [6.07, 6.45) is 1.37. The Labute approximate surface area is 130 Å². The van der Waals surface area contributed by atoms with Crippen molar-refractivity contribution in [1.29, 1.82) is 0 Å². The van der Waals surface area contributed by atoms with Gasteiger partial charge in [0.2, 0.25) is 0 Å². The minimum absolute atomic E-state index is 0.337. The van der Waals surface area contributed by atoms with E-state index >= 15 is 0 Å². The molecule has 0 radical (unpaired) electrons. The van der Waals surface area contributed by atoms with Gasteiger partial charge in [0.1, 0.15) is 5.57 Å². The van der Waals surface area contributed by atoms with Crippen LogP contribution in [0.2, 0.25) is 0 Å². The van der Waals surface area contributed by atoms with E-state index in [0.717, 1.165) is 16.3 Å². The molecule has 0 heterocycles. The van der Waals surface area contributed by atoms with E-state index in [9.17, 15) is 9.90 Å². The van der Waals surface area contributed by atoms with Crippen LogP contribution in [0.3, 0.4) is 0 Å².